The lowest BCUT2D eigenvalue weighted by Crippen LogP contribution is -2.29. The minimum Gasteiger partial charge on any atom is -0.436 e. The van der Waals surface area contributed by atoms with Gasteiger partial charge in [-0.3, -0.25) is 4.57 Å². The van der Waals surface area contributed by atoms with E-state index in [0.29, 0.717) is 18.1 Å². The second kappa shape index (κ2) is 17.6. The molecule has 0 amide bonds. The van der Waals surface area contributed by atoms with Crippen LogP contribution in [0.2, 0.25) is 0 Å². The molecule has 0 aliphatic carbocycles. The second-order valence-corrected chi connectivity index (χ2v) is 9.93. The smallest absolute Gasteiger partial charge is 0.351 e. The van der Waals surface area contributed by atoms with E-state index in [9.17, 15) is 27.9 Å². The molecule has 0 radical (unpaired) electrons. The molecule has 0 saturated carbocycles. The van der Waals surface area contributed by atoms with E-state index in [1.165, 1.54) is 0 Å². The SMILES string of the molecule is COC(C)C.FCF.Nc1nc(=O)n(C2CC(O)C(COP(NCC=O)Oc3ccc4ccccc4c3)O2)cc1F. The Morgan fingerprint density at radius 2 is 1.93 bits per heavy atom. The van der Waals surface area contributed by atoms with E-state index >= 15 is 0 Å². The van der Waals surface area contributed by atoms with Crippen LogP contribution >= 0.6 is 8.53 Å². The van der Waals surface area contributed by atoms with Crippen molar-refractivity contribution in [3.63, 3.8) is 0 Å². The number of carbonyl (C=O) groups excluding carboxylic acids is 1. The van der Waals surface area contributed by atoms with Crippen molar-refractivity contribution < 1.29 is 41.6 Å². The molecule has 1 aliphatic heterocycles. The first-order valence-corrected chi connectivity index (χ1v) is 13.6. The fourth-order valence-electron chi connectivity index (χ4n) is 3.38. The van der Waals surface area contributed by atoms with Crippen LogP contribution in [0.3, 0.4) is 0 Å². The van der Waals surface area contributed by atoms with Crippen LogP contribution in [0, 0.1) is 5.82 Å². The lowest BCUT2D eigenvalue weighted by atomic mass is 10.1. The number of hydrogen-bond acceptors (Lipinski definition) is 10. The predicted molar refractivity (Wildman–Crippen MR) is 148 cm³/mol. The Labute approximate surface area is 236 Å². The van der Waals surface area contributed by atoms with Gasteiger partial charge in [0.2, 0.25) is 6.93 Å². The van der Waals surface area contributed by atoms with E-state index in [4.69, 9.17) is 24.3 Å². The fourth-order valence-corrected chi connectivity index (χ4v) is 4.40. The number of nitrogens with one attached hydrogen (secondary N) is 1. The molecule has 1 fully saturated rings. The summed E-state index contributed by atoms with van der Waals surface area (Å²) in [6.07, 6.45) is -0.739. The van der Waals surface area contributed by atoms with Crippen LogP contribution in [0.25, 0.3) is 10.8 Å². The minimum absolute atomic E-state index is 0.00175. The van der Waals surface area contributed by atoms with Gasteiger partial charge in [-0.1, -0.05) is 30.3 Å². The number of benzene rings is 2. The average Bonchev–Trinajstić information content (AvgIpc) is 3.32. The number of aromatic nitrogens is 2. The number of rotatable bonds is 10. The molecule has 1 aromatic heterocycles. The minimum atomic E-state index is -1.75. The Balaban J connectivity index is 0.000000653. The highest BCUT2D eigenvalue weighted by Crippen LogP contribution is 2.38. The highest BCUT2D eigenvalue weighted by Gasteiger charge is 2.37. The molecule has 0 spiro atoms. The number of nitrogen functional groups attached to an aromatic ring is 1. The summed E-state index contributed by atoms with van der Waals surface area (Å²) in [4.78, 5) is 26.3. The van der Waals surface area contributed by atoms with E-state index in [1.54, 1.807) is 13.2 Å². The van der Waals surface area contributed by atoms with Gasteiger partial charge in [-0.15, -0.1) is 0 Å². The molecule has 41 heavy (non-hydrogen) atoms. The molecule has 0 bridgehead atoms. The van der Waals surface area contributed by atoms with E-state index in [0.717, 1.165) is 21.5 Å². The standard InChI is InChI=1S/C21H22FN4O6P.C4H10O.CH2F2/c22-16-11-26(21(29)25-20(16)23)19-10-17(28)18(31-19)12-30-33(24-7-8-27)32-15-6-5-13-3-1-2-4-14(13)9-15;1-4(2)5-3;2-1-3/h1-6,8-9,11,17-19,24,28H,7,10,12H2,(H2,23,25,29);4H,1-3H3;1H2. The lowest BCUT2D eigenvalue weighted by Gasteiger charge is -2.21. The first kappa shape index (κ1) is 34.1. The predicted octanol–water partition coefficient (Wildman–Crippen LogP) is 3.80. The molecule has 4 atom stereocenters. The summed E-state index contributed by atoms with van der Waals surface area (Å²) >= 11 is 0. The summed E-state index contributed by atoms with van der Waals surface area (Å²) in [5.41, 5.74) is 4.51. The maximum Gasteiger partial charge on any atom is 0.351 e. The number of nitrogens with two attached hydrogens (primary N) is 1. The Hall–Kier alpha value is -3.13. The van der Waals surface area contributed by atoms with Crippen molar-refractivity contribution in [2.24, 2.45) is 0 Å². The van der Waals surface area contributed by atoms with Gasteiger partial charge in [-0.2, -0.15) is 4.98 Å². The van der Waals surface area contributed by atoms with Crippen LogP contribution in [0.1, 0.15) is 26.5 Å². The number of hydrogen-bond donors (Lipinski definition) is 3. The third-order valence-electron chi connectivity index (χ3n) is 5.49. The first-order chi connectivity index (χ1) is 19.6. The van der Waals surface area contributed by atoms with Gasteiger partial charge in [-0.05, 0) is 36.8 Å². The first-order valence-electron chi connectivity index (χ1n) is 12.4. The molecule has 1 aliphatic rings. The van der Waals surface area contributed by atoms with E-state index in [-0.39, 0.29) is 19.6 Å². The quantitative estimate of drug-likeness (QED) is 0.231. The van der Waals surface area contributed by atoms with Crippen molar-refractivity contribution in [2.45, 2.75) is 44.8 Å². The van der Waals surface area contributed by atoms with Crippen molar-refractivity contribution in [2.75, 3.05) is 32.9 Å². The van der Waals surface area contributed by atoms with Crippen LogP contribution in [0.4, 0.5) is 19.0 Å². The summed E-state index contributed by atoms with van der Waals surface area (Å²) in [6, 6.07) is 13.3. The molecule has 1 saturated heterocycles. The summed E-state index contributed by atoms with van der Waals surface area (Å²) in [5.74, 6) is -0.830. The molecular weight excluding hydrogens is 568 g/mol. The third-order valence-corrected chi connectivity index (χ3v) is 6.69. The molecule has 2 heterocycles. The summed E-state index contributed by atoms with van der Waals surface area (Å²) in [7, 11) is -0.0483. The van der Waals surface area contributed by atoms with Gasteiger partial charge in [-0.25, -0.2) is 23.1 Å². The number of aliphatic hydroxyl groups excluding tert-OH is 1. The maximum absolute atomic E-state index is 13.7. The number of nitrogens with zero attached hydrogens (tertiary/aromatic N) is 2. The number of methoxy groups -OCH3 is 1. The molecule has 4 unspecified atom stereocenters. The number of aldehydes is 1. The van der Waals surface area contributed by atoms with Crippen molar-refractivity contribution in [1.29, 1.82) is 0 Å². The van der Waals surface area contributed by atoms with Gasteiger partial charge in [0.05, 0.1) is 31.6 Å². The Kier molecular flexibility index (Phi) is 14.7. The zero-order valence-electron chi connectivity index (χ0n) is 22.8. The Morgan fingerprint density at radius 3 is 2.56 bits per heavy atom. The monoisotopic (exact) mass is 602 g/mol. The number of halogens is 3. The number of anilines is 1. The molecule has 15 heteroatoms. The van der Waals surface area contributed by atoms with Gasteiger partial charge in [0.25, 0.3) is 0 Å². The van der Waals surface area contributed by atoms with E-state index < -0.39 is 51.2 Å². The number of aliphatic hydroxyl groups is 1. The summed E-state index contributed by atoms with van der Waals surface area (Å²) < 4.78 is 56.0. The van der Waals surface area contributed by atoms with Crippen LogP contribution in [-0.2, 0) is 18.8 Å². The van der Waals surface area contributed by atoms with Gasteiger partial charge in [0.1, 0.15) is 24.4 Å². The van der Waals surface area contributed by atoms with Crippen LogP contribution < -0.4 is 21.0 Å². The highest BCUT2D eigenvalue weighted by molar-refractivity contribution is 7.45. The fraction of sp³-hybridized carbons (Fsp3) is 0.423. The van der Waals surface area contributed by atoms with E-state index in [2.05, 4.69) is 10.1 Å². The molecule has 3 aromatic rings. The molecule has 226 valence electrons. The molecular formula is C26H34F3N4O7P. The van der Waals surface area contributed by atoms with Gasteiger partial charge >= 0.3 is 14.2 Å². The van der Waals surface area contributed by atoms with Gasteiger partial charge < -0.3 is 34.2 Å². The van der Waals surface area contributed by atoms with Crippen LogP contribution in [0.15, 0.2) is 53.5 Å². The molecule has 2 aromatic carbocycles. The highest BCUT2D eigenvalue weighted by atomic mass is 31.2. The van der Waals surface area contributed by atoms with Gasteiger partial charge in [0.15, 0.2) is 11.6 Å². The largest absolute Gasteiger partial charge is 0.436 e. The summed E-state index contributed by atoms with van der Waals surface area (Å²) in [5, 5.41) is 15.2. The van der Waals surface area contributed by atoms with Crippen molar-refractivity contribution >= 4 is 31.4 Å². The molecule has 11 nitrogen and oxygen atoms in total. The average molecular weight is 603 g/mol. The van der Waals surface area contributed by atoms with Crippen LogP contribution in [-0.4, -0.2) is 66.4 Å². The normalized spacial score (nSPS) is 18.7. The molecule has 4 N–H and O–H groups in total. The lowest BCUT2D eigenvalue weighted by molar-refractivity contribution is -0.107. The number of ether oxygens (including phenoxy) is 2. The van der Waals surface area contributed by atoms with E-state index in [1.807, 2.05) is 50.2 Å². The summed E-state index contributed by atoms with van der Waals surface area (Å²) in [6.45, 7) is 2.16. The van der Waals surface area contributed by atoms with Crippen molar-refractivity contribution in [3.05, 3.63) is 65.0 Å². The number of fused-ring (bicyclic) bond motifs is 1. The van der Waals surface area contributed by atoms with Gasteiger partial charge in [0, 0.05) is 13.5 Å². The maximum atomic E-state index is 13.7. The zero-order chi connectivity index (χ0) is 30.4. The van der Waals surface area contributed by atoms with Crippen LogP contribution in [0.5, 0.6) is 5.75 Å². The zero-order valence-corrected chi connectivity index (χ0v) is 23.7. The Morgan fingerprint density at radius 1 is 1.27 bits per heavy atom. The Bertz CT molecular complexity index is 1290. The third kappa shape index (κ3) is 11.0. The number of alkyl halides is 2. The topological polar surface area (TPSA) is 147 Å². The number of carbonyl (C=O) groups is 1. The van der Waals surface area contributed by atoms with Crippen molar-refractivity contribution in [3.8, 4) is 5.75 Å². The molecule has 4 rings (SSSR count). The van der Waals surface area contributed by atoms with Crippen molar-refractivity contribution in [1.82, 2.24) is 14.6 Å². The second-order valence-electron chi connectivity index (χ2n) is 8.66.